The maximum atomic E-state index is 13.2. The Labute approximate surface area is 196 Å². The summed E-state index contributed by atoms with van der Waals surface area (Å²) in [4.78, 5) is 25.8. The van der Waals surface area contributed by atoms with Gasteiger partial charge in [0.15, 0.2) is 0 Å². The van der Waals surface area contributed by atoms with E-state index in [-0.39, 0.29) is 51.9 Å². The van der Waals surface area contributed by atoms with Gasteiger partial charge in [0.05, 0.1) is 29.2 Å². The van der Waals surface area contributed by atoms with Crippen LogP contribution in [0.2, 0.25) is 5.02 Å². The van der Waals surface area contributed by atoms with Gasteiger partial charge in [-0.15, -0.1) is 0 Å². The molecular weight excluding hydrogens is 472 g/mol. The van der Waals surface area contributed by atoms with Crippen LogP contribution in [-0.4, -0.2) is 62.2 Å². The fourth-order valence-electron chi connectivity index (χ4n) is 4.16. The third-order valence-electron chi connectivity index (χ3n) is 5.79. The van der Waals surface area contributed by atoms with E-state index in [0.717, 1.165) is 0 Å². The zero-order chi connectivity index (χ0) is 23.8. The van der Waals surface area contributed by atoms with Crippen LogP contribution in [0.4, 0.5) is 5.69 Å². The van der Waals surface area contributed by atoms with Crippen molar-refractivity contribution in [3.8, 4) is 5.75 Å². The van der Waals surface area contributed by atoms with E-state index in [1.165, 1.54) is 30.3 Å². The molecule has 0 aliphatic carbocycles. The zero-order valence-electron chi connectivity index (χ0n) is 17.7. The first kappa shape index (κ1) is 23.3. The van der Waals surface area contributed by atoms with E-state index in [0.29, 0.717) is 12.8 Å². The fraction of sp³-hybridized carbons (Fsp3) is 0.364. The summed E-state index contributed by atoms with van der Waals surface area (Å²) in [6.45, 7) is 0.135. The van der Waals surface area contributed by atoms with E-state index >= 15 is 0 Å². The van der Waals surface area contributed by atoms with Gasteiger partial charge in [-0.25, -0.2) is 8.42 Å². The second-order valence-electron chi connectivity index (χ2n) is 8.01. The molecule has 4 rings (SSSR count). The molecule has 2 N–H and O–H groups in total. The Balaban J connectivity index is 1.58. The summed E-state index contributed by atoms with van der Waals surface area (Å²) in [6.07, 6.45) is 0.0738. The van der Waals surface area contributed by atoms with Crippen LogP contribution in [0.5, 0.6) is 5.75 Å². The van der Waals surface area contributed by atoms with Gasteiger partial charge in [-0.3, -0.25) is 14.3 Å². The van der Waals surface area contributed by atoms with E-state index in [1.807, 2.05) is 0 Å². The average Bonchev–Trinajstić information content (AvgIpc) is 2.76. The van der Waals surface area contributed by atoms with Gasteiger partial charge in [-0.1, -0.05) is 23.7 Å². The molecule has 3 atom stereocenters. The highest BCUT2D eigenvalue weighted by atomic mass is 35.5. The Morgan fingerprint density at radius 1 is 1.24 bits per heavy atom. The maximum Gasteiger partial charge on any atom is 0.305 e. The zero-order valence-corrected chi connectivity index (χ0v) is 19.3. The number of anilines is 1. The Morgan fingerprint density at radius 3 is 2.73 bits per heavy atom. The van der Waals surface area contributed by atoms with Gasteiger partial charge in [0, 0.05) is 12.7 Å². The number of likely N-dealkylation sites (N-methyl/N-ethyl adjacent to an activating group) is 1. The number of fused-ring (bicyclic) bond motifs is 2. The lowest BCUT2D eigenvalue weighted by Crippen LogP contribution is -2.53. The van der Waals surface area contributed by atoms with Crippen LogP contribution in [0.15, 0.2) is 47.4 Å². The van der Waals surface area contributed by atoms with Crippen molar-refractivity contribution < 1.29 is 32.6 Å². The number of carbonyl (C=O) groups excluding carboxylic acids is 1. The minimum atomic E-state index is -3.97. The summed E-state index contributed by atoms with van der Waals surface area (Å²) < 4.78 is 39.8. The minimum Gasteiger partial charge on any atom is -0.490 e. The monoisotopic (exact) mass is 494 g/mol. The van der Waals surface area contributed by atoms with Crippen molar-refractivity contribution in [3.63, 3.8) is 0 Å². The number of nitrogens with one attached hydrogen (secondary N) is 1. The van der Waals surface area contributed by atoms with Crippen LogP contribution < -0.4 is 9.46 Å². The molecular formula is C22H23ClN2O7S. The first-order valence-electron chi connectivity index (χ1n) is 10.3. The maximum absolute atomic E-state index is 13.2. The van der Waals surface area contributed by atoms with Crippen LogP contribution >= 0.6 is 11.6 Å². The lowest BCUT2D eigenvalue weighted by Gasteiger charge is -2.42. The summed E-state index contributed by atoms with van der Waals surface area (Å²) in [6, 6.07) is 10.2. The van der Waals surface area contributed by atoms with Gasteiger partial charge in [0.1, 0.15) is 23.4 Å². The fourth-order valence-corrected chi connectivity index (χ4v) is 5.73. The summed E-state index contributed by atoms with van der Waals surface area (Å²) in [5.74, 6) is -1.000. The number of hydrogen-bond donors (Lipinski definition) is 2. The number of halogens is 1. The number of nitrogens with zero attached hydrogens (tertiary/aromatic N) is 1. The largest absolute Gasteiger partial charge is 0.490 e. The van der Waals surface area contributed by atoms with Crippen molar-refractivity contribution in [2.24, 2.45) is 0 Å². The summed E-state index contributed by atoms with van der Waals surface area (Å²) in [5, 5.41) is 9.13. The molecule has 0 saturated carbocycles. The van der Waals surface area contributed by atoms with Crippen molar-refractivity contribution in [1.29, 1.82) is 0 Å². The molecule has 0 spiro atoms. The Hall–Kier alpha value is -2.82. The van der Waals surface area contributed by atoms with Crippen LogP contribution in [0.1, 0.15) is 29.6 Å². The molecule has 2 aliphatic heterocycles. The third kappa shape index (κ3) is 4.92. The minimum absolute atomic E-state index is 0.0729. The van der Waals surface area contributed by atoms with Gasteiger partial charge in [0.2, 0.25) is 0 Å². The van der Waals surface area contributed by atoms with Crippen LogP contribution in [0.25, 0.3) is 0 Å². The van der Waals surface area contributed by atoms with Gasteiger partial charge < -0.3 is 19.5 Å². The summed E-state index contributed by atoms with van der Waals surface area (Å²) in [7, 11) is -2.32. The molecule has 33 heavy (non-hydrogen) atoms. The lowest BCUT2D eigenvalue weighted by molar-refractivity contribution is -0.148. The Kier molecular flexibility index (Phi) is 6.51. The normalized spacial score (nSPS) is 22.9. The smallest absolute Gasteiger partial charge is 0.305 e. The lowest BCUT2D eigenvalue weighted by atomic mass is 9.95. The molecule has 1 amide bonds. The number of ether oxygens (including phenoxy) is 2. The second kappa shape index (κ2) is 9.20. The predicted molar refractivity (Wildman–Crippen MR) is 120 cm³/mol. The molecule has 9 nitrogen and oxygen atoms in total. The molecule has 2 heterocycles. The molecule has 0 bridgehead atoms. The highest BCUT2D eigenvalue weighted by molar-refractivity contribution is 7.92. The van der Waals surface area contributed by atoms with Gasteiger partial charge >= 0.3 is 5.97 Å². The van der Waals surface area contributed by atoms with Gasteiger partial charge in [-0.2, -0.15) is 0 Å². The third-order valence-corrected chi connectivity index (χ3v) is 7.67. The van der Waals surface area contributed by atoms with Gasteiger partial charge in [0.25, 0.3) is 15.9 Å². The van der Waals surface area contributed by atoms with Gasteiger partial charge in [-0.05, 0) is 43.2 Å². The predicted octanol–water partition coefficient (Wildman–Crippen LogP) is 3.00. The van der Waals surface area contributed by atoms with Crippen LogP contribution in [0.3, 0.4) is 0 Å². The molecule has 2 aliphatic rings. The number of rotatable bonds is 5. The molecule has 0 radical (unpaired) electrons. The standard InChI is InChI=1S/C22H23ClN2O7S/c1-25-17-8-7-14(11-21(26)27)32-19(17)12-31-18-9-6-13(10-15(18)22(25)28)24-33(29,30)20-5-3-2-4-16(20)23/h2-6,9-10,14,17,19,24H,7-8,11-12H2,1H3,(H,26,27)/t14-,17-,19+/m0/s1. The van der Waals surface area contributed by atoms with E-state index in [2.05, 4.69) is 4.72 Å². The number of carboxylic acids is 1. The quantitative estimate of drug-likeness (QED) is 0.655. The van der Waals surface area contributed by atoms with Crippen molar-refractivity contribution in [2.75, 3.05) is 18.4 Å². The van der Waals surface area contributed by atoms with Crippen molar-refractivity contribution in [1.82, 2.24) is 4.90 Å². The van der Waals surface area contributed by atoms with Crippen molar-refractivity contribution in [3.05, 3.63) is 53.1 Å². The van der Waals surface area contributed by atoms with E-state index in [9.17, 15) is 18.0 Å². The average molecular weight is 495 g/mol. The Morgan fingerprint density at radius 2 is 2.00 bits per heavy atom. The Bertz CT molecular complexity index is 1190. The van der Waals surface area contributed by atoms with Crippen LogP contribution in [-0.2, 0) is 19.6 Å². The van der Waals surface area contributed by atoms with E-state index in [4.69, 9.17) is 26.2 Å². The first-order valence-corrected chi connectivity index (χ1v) is 12.2. The first-order chi connectivity index (χ1) is 15.7. The number of benzene rings is 2. The number of hydrogen-bond acceptors (Lipinski definition) is 6. The number of carbonyl (C=O) groups is 2. The highest BCUT2D eigenvalue weighted by Crippen LogP contribution is 2.33. The second-order valence-corrected chi connectivity index (χ2v) is 10.1. The molecule has 176 valence electrons. The SMILES string of the molecule is CN1C(=O)c2cc(NS(=O)(=O)c3ccccc3Cl)ccc2OC[C@H]2O[C@H](CC(=O)O)CC[C@@H]21. The number of amides is 1. The molecule has 2 aromatic rings. The molecule has 1 fully saturated rings. The summed E-state index contributed by atoms with van der Waals surface area (Å²) in [5.41, 5.74) is 0.403. The summed E-state index contributed by atoms with van der Waals surface area (Å²) >= 11 is 6.03. The molecule has 2 aromatic carbocycles. The van der Waals surface area contributed by atoms with E-state index in [1.54, 1.807) is 24.1 Å². The molecule has 0 unspecified atom stereocenters. The number of aliphatic carboxylic acids is 1. The van der Waals surface area contributed by atoms with Crippen molar-refractivity contribution in [2.45, 2.75) is 42.4 Å². The number of carboxylic acid groups (broad SMARTS) is 1. The molecule has 0 aromatic heterocycles. The molecule has 11 heteroatoms. The van der Waals surface area contributed by atoms with E-state index < -0.39 is 28.2 Å². The topological polar surface area (TPSA) is 122 Å². The molecule has 1 saturated heterocycles. The highest BCUT2D eigenvalue weighted by Gasteiger charge is 2.39. The van der Waals surface area contributed by atoms with Crippen molar-refractivity contribution >= 4 is 39.2 Å². The van der Waals surface area contributed by atoms with Crippen LogP contribution in [0, 0.1) is 0 Å². The number of sulfonamides is 1.